The highest BCUT2D eigenvalue weighted by Crippen LogP contribution is 2.27. The van der Waals surface area contributed by atoms with Gasteiger partial charge in [0.1, 0.15) is 23.7 Å². The number of amidine groups is 1. The average molecular weight is 556 g/mol. The third-order valence-electron chi connectivity index (χ3n) is 6.90. The molecule has 5 rings (SSSR count). The van der Waals surface area contributed by atoms with Crippen LogP contribution in [0.5, 0.6) is 0 Å². The van der Waals surface area contributed by atoms with Crippen molar-refractivity contribution in [2.75, 3.05) is 36.7 Å². The minimum absolute atomic E-state index is 0.0262. The number of rotatable bonds is 7. The molecule has 0 saturated carbocycles. The maximum atomic E-state index is 15.9. The lowest BCUT2D eigenvalue weighted by Crippen LogP contribution is -2.48. The van der Waals surface area contributed by atoms with Gasteiger partial charge in [-0.05, 0) is 25.0 Å². The summed E-state index contributed by atoms with van der Waals surface area (Å²) in [6, 6.07) is 2.16. The van der Waals surface area contributed by atoms with Gasteiger partial charge in [0.25, 0.3) is 0 Å². The van der Waals surface area contributed by atoms with E-state index in [4.69, 9.17) is 4.99 Å². The summed E-state index contributed by atoms with van der Waals surface area (Å²) >= 11 is 0. The molecule has 1 atom stereocenters. The number of hydrogen-bond acceptors (Lipinski definition) is 7. The molecule has 1 fully saturated rings. The number of benzene rings is 1. The van der Waals surface area contributed by atoms with Crippen molar-refractivity contribution in [3.05, 3.63) is 59.3 Å². The largest absolute Gasteiger partial charge is 0.357 e. The highest BCUT2D eigenvalue weighted by molar-refractivity contribution is 7.92. The standard InChI is InChI=1S/C27H31F2N7O2S/c1-3-11-39(37,38)34-23-6-5-22(28)26(25(23)29)36-16-21(19-13-31-17-32-14-19)20-12-18(4-2)27(33-15-24(20)36)35-9-7-30-8-10-35/h5-6,12-18,30,34H,3-4,7-11H2,1-2H3. The first kappa shape index (κ1) is 26.9. The predicted molar refractivity (Wildman–Crippen MR) is 148 cm³/mol. The minimum atomic E-state index is -3.80. The van der Waals surface area contributed by atoms with Crippen LogP contribution >= 0.6 is 0 Å². The normalized spacial score (nSPS) is 17.5. The van der Waals surface area contributed by atoms with Crippen LogP contribution < -0.4 is 20.6 Å². The van der Waals surface area contributed by atoms with Crippen LogP contribution in [0.1, 0.15) is 26.7 Å². The van der Waals surface area contributed by atoms with Gasteiger partial charge < -0.3 is 14.8 Å². The van der Waals surface area contributed by atoms with Gasteiger partial charge in [0.2, 0.25) is 10.0 Å². The second kappa shape index (κ2) is 11.2. The van der Waals surface area contributed by atoms with Gasteiger partial charge in [-0.25, -0.2) is 32.2 Å². The third-order valence-corrected chi connectivity index (χ3v) is 8.38. The minimum Gasteiger partial charge on any atom is -0.357 e. The fraction of sp³-hybridized carbons (Fsp3) is 0.370. The van der Waals surface area contributed by atoms with Crippen LogP contribution in [-0.2, 0) is 10.0 Å². The Morgan fingerprint density at radius 1 is 1.13 bits per heavy atom. The third kappa shape index (κ3) is 5.44. The summed E-state index contributed by atoms with van der Waals surface area (Å²) in [4.78, 5) is 15.4. The Hall–Kier alpha value is -3.64. The molecule has 2 aromatic heterocycles. The monoisotopic (exact) mass is 555 g/mol. The predicted octanol–water partition coefficient (Wildman–Crippen LogP) is 2.23. The Labute approximate surface area is 226 Å². The van der Waals surface area contributed by atoms with Crippen LogP contribution in [0, 0.1) is 17.6 Å². The molecule has 4 heterocycles. The molecule has 1 aromatic carbocycles. The molecule has 9 nitrogen and oxygen atoms in total. The number of halogens is 2. The summed E-state index contributed by atoms with van der Waals surface area (Å²) in [5.41, 5.74) is 0.650. The van der Waals surface area contributed by atoms with Crippen LogP contribution in [0.25, 0.3) is 29.1 Å². The Morgan fingerprint density at radius 3 is 2.56 bits per heavy atom. The molecule has 2 aliphatic rings. The van der Waals surface area contributed by atoms with Crippen LogP contribution in [0.15, 0.2) is 42.0 Å². The van der Waals surface area contributed by atoms with E-state index in [-0.39, 0.29) is 17.4 Å². The van der Waals surface area contributed by atoms with Crippen molar-refractivity contribution < 1.29 is 17.2 Å². The summed E-state index contributed by atoms with van der Waals surface area (Å²) in [7, 11) is -3.80. The summed E-state index contributed by atoms with van der Waals surface area (Å²) in [6.45, 7) is 7.10. The van der Waals surface area contributed by atoms with E-state index in [0.717, 1.165) is 55.8 Å². The zero-order valence-corrected chi connectivity index (χ0v) is 22.7. The van der Waals surface area contributed by atoms with Crippen LogP contribution in [-0.4, -0.2) is 65.6 Å². The first-order valence-corrected chi connectivity index (χ1v) is 14.7. The Morgan fingerprint density at radius 2 is 1.87 bits per heavy atom. The van der Waals surface area contributed by atoms with Crippen molar-refractivity contribution in [3.8, 4) is 16.8 Å². The van der Waals surface area contributed by atoms with Gasteiger partial charge >= 0.3 is 0 Å². The highest BCUT2D eigenvalue weighted by atomic mass is 32.2. The van der Waals surface area contributed by atoms with E-state index in [1.165, 1.54) is 10.9 Å². The number of nitrogens with zero attached hydrogens (tertiary/aromatic N) is 5. The van der Waals surface area contributed by atoms with Gasteiger partial charge in [0.15, 0.2) is 5.82 Å². The number of piperazine rings is 1. The quantitative estimate of drug-likeness (QED) is 0.464. The number of aromatic nitrogens is 3. The van der Waals surface area contributed by atoms with Crippen molar-refractivity contribution in [1.82, 2.24) is 24.8 Å². The number of anilines is 1. The van der Waals surface area contributed by atoms with Crippen molar-refractivity contribution in [2.45, 2.75) is 26.7 Å². The molecule has 0 aliphatic carbocycles. The van der Waals surface area contributed by atoms with Gasteiger partial charge in [-0.1, -0.05) is 19.9 Å². The molecule has 12 heteroatoms. The van der Waals surface area contributed by atoms with Crippen LogP contribution in [0.4, 0.5) is 14.5 Å². The number of sulfonamides is 1. The fourth-order valence-electron chi connectivity index (χ4n) is 5.03. The highest BCUT2D eigenvalue weighted by Gasteiger charge is 2.25. The number of aliphatic imine (C=N–C) groups is 1. The van der Waals surface area contributed by atoms with Crippen molar-refractivity contribution in [2.24, 2.45) is 10.9 Å². The lowest BCUT2D eigenvalue weighted by atomic mass is 10.0. The smallest absolute Gasteiger partial charge is 0.232 e. The summed E-state index contributed by atoms with van der Waals surface area (Å²) in [5, 5.41) is 4.58. The van der Waals surface area contributed by atoms with E-state index < -0.39 is 27.3 Å². The fourth-order valence-corrected chi connectivity index (χ4v) is 6.17. The lowest BCUT2D eigenvalue weighted by molar-refractivity contribution is 0.346. The Kier molecular flexibility index (Phi) is 7.76. The molecule has 1 saturated heterocycles. The van der Waals surface area contributed by atoms with Crippen molar-refractivity contribution in [3.63, 3.8) is 0 Å². The molecule has 2 aliphatic heterocycles. The van der Waals surface area contributed by atoms with Crippen molar-refractivity contribution >= 4 is 33.8 Å². The second-order valence-electron chi connectivity index (χ2n) is 9.55. The maximum Gasteiger partial charge on any atom is 0.232 e. The molecule has 3 aromatic rings. The molecular formula is C27H31F2N7O2S. The van der Waals surface area contributed by atoms with Gasteiger partial charge in [-0.2, -0.15) is 0 Å². The molecule has 0 amide bonds. The molecule has 39 heavy (non-hydrogen) atoms. The van der Waals surface area contributed by atoms with Crippen LogP contribution in [0.2, 0.25) is 0 Å². The van der Waals surface area contributed by atoms with Gasteiger partial charge in [-0.3, -0.25) is 4.72 Å². The number of hydrogen-bond donors (Lipinski definition) is 2. The van der Waals surface area contributed by atoms with E-state index in [9.17, 15) is 8.42 Å². The molecular weight excluding hydrogens is 524 g/mol. The Bertz CT molecular complexity index is 1620. The van der Waals surface area contributed by atoms with Crippen molar-refractivity contribution in [1.29, 1.82) is 0 Å². The summed E-state index contributed by atoms with van der Waals surface area (Å²) < 4.78 is 59.7. The van der Waals surface area contributed by atoms with E-state index in [1.54, 1.807) is 31.7 Å². The van der Waals surface area contributed by atoms with E-state index in [1.807, 2.05) is 0 Å². The Balaban J connectivity index is 1.74. The van der Waals surface area contributed by atoms with E-state index >= 15 is 8.78 Å². The molecule has 1 unspecified atom stereocenters. The molecule has 2 N–H and O–H groups in total. The molecule has 0 radical (unpaired) electrons. The van der Waals surface area contributed by atoms with Gasteiger partial charge in [-0.15, -0.1) is 0 Å². The number of fused-ring (bicyclic) bond motifs is 1. The lowest BCUT2D eigenvalue weighted by Gasteiger charge is -2.32. The summed E-state index contributed by atoms with van der Waals surface area (Å²) in [6.07, 6.45) is 11.2. The SMILES string of the molecule is CCCS(=O)(=O)Nc1ccc(F)c(-n2cc(-c3cncnc3)c3c2=CN=C(N2CCNCC2)C(CC)C=3)c1F. The van der Waals surface area contributed by atoms with Gasteiger partial charge in [0.05, 0.1) is 23.0 Å². The molecule has 0 bridgehead atoms. The van der Waals surface area contributed by atoms with Gasteiger partial charge in [0, 0.05) is 67.0 Å². The molecule has 206 valence electrons. The second-order valence-corrected chi connectivity index (χ2v) is 11.4. The number of nitrogens with one attached hydrogen (secondary N) is 2. The first-order chi connectivity index (χ1) is 18.8. The topological polar surface area (TPSA) is 105 Å². The zero-order chi connectivity index (χ0) is 27.6. The zero-order valence-electron chi connectivity index (χ0n) is 21.9. The molecule has 0 spiro atoms. The van der Waals surface area contributed by atoms with E-state index in [0.29, 0.717) is 22.9 Å². The van der Waals surface area contributed by atoms with Crippen LogP contribution in [0.3, 0.4) is 0 Å². The first-order valence-electron chi connectivity index (χ1n) is 13.0. The van der Waals surface area contributed by atoms with E-state index in [2.05, 4.69) is 37.9 Å². The maximum absolute atomic E-state index is 15.9. The summed E-state index contributed by atoms with van der Waals surface area (Å²) in [5.74, 6) is -1.16. The average Bonchev–Trinajstić information content (AvgIpc) is 3.16.